The molecule has 0 saturated carbocycles. The van der Waals surface area contributed by atoms with Crippen molar-refractivity contribution in [1.82, 2.24) is 15.5 Å². The van der Waals surface area contributed by atoms with E-state index < -0.39 is 0 Å². The summed E-state index contributed by atoms with van der Waals surface area (Å²) in [6.45, 7) is 2.84. The summed E-state index contributed by atoms with van der Waals surface area (Å²) >= 11 is 0. The van der Waals surface area contributed by atoms with E-state index >= 15 is 0 Å². The molecule has 2 amide bonds. The quantitative estimate of drug-likeness (QED) is 0.670. The van der Waals surface area contributed by atoms with Crippen LogP contribution in [-0.4, -0.2) is 16.2 Å². The Kier molecular flexibility index (Phi) is 4.15. The normalized spacial score (nSPS) is 10.2. The molecule has 0 aliphatic rings. The van der Waals surface area contributed by atoms with Crippen LogP contribution in [-0.2, 0) is 13.1 Å². The van der Waals surface area contributed by atoms with Gasteiger partial charge in [0, 0.05) is 30.0 Å². The molecular weight excluding hydrogens is 242 g/mol. The monoisotopic (exact) mass is 259 g/mol. The van der Waals surface area contributed by atoms with Crippen LogP contribution in [0.25, 0.3) is 0 Å². The van der Waals surface area contributed by atoms with Gasteiger partial charge in [-0.2, -0.15) is 5.10 Å². The number of aromatic amines is 1. The van der Waals surface area contributed by atoms with Gasteiger partial charge in [0.1, 0.15) is 0 Å². The van der Waals surface area contributed by atoms with Gasteiger partial charge in [-0.1, -0.05) is 12.1 Å². The number of anilines is 1. The van der Waals surface area contributed by atoms with Crippen molar-refractivity contribution in [1.29, 1.82) is 0 Å². The number of rotatable bonds is 4. The summed E-state index contributed by atoms with van der Waals surface area (Å²) < 4.78 is 0. The van der Waals surface area contributed by atoms with Gasteiger partial charge in [-0.25, -0.2) is 4.79 Å². The molecule has 0 spiro atoms. The highest BCUT2D eigenvalue weighted by Crippen LogP contribution is 2.09. The van der Waals surface area contributed by atoms with Crippen molar-refractivity contribution in [3.63, 3.8) is 0 Å². The first kappa shape index (κ1) is 13.1. The molecule has 0 radical (unpaired) electrons. The summed E-state index contributed by atoms with van der Waals surface area (Å²) in [5, 5.41) is 12.2. The van der Waals surface area contributed by atoms with E-state index in [9.17, 15) is 4.79 Å². The fraction of sp³-hybridized carbons (Fsp3) is 0.231. The topological polar surface area (TPSA) is 95.8 Å². The highest BCUT2D eigenvalue weighted by Gasteiger charge is 2.04. The predicted octanol–water partition coefficient (Wildman–Crippen LogP) is 1.50. The van der Waals surface area contributed by atoms with E-state index in [-0.39, 0.29) is 6.03 Å². The minimum Gasteiger partial charge on any atom is -0.334 e. The van der Waals surface area contributed by atoms with Crippen LogP contribution < -0.4 is 16.4 Å². The number of aromatic nitrogens is 2. The molecule has 0 aliphatic carbocycles. The molecule has 0 saturated heterocycles. The van der Waals surface area contributed by atoms with Gasteiger partial charge in [0.25, 0.3) is 0 Å². The lowest BCUT2D eigenvalue weighted by atomic mass is 10.2. The SMILES string of the molecule is Cc1[nH]ncc1CNC(=O)Nc1ccc(CN)cc1. The van der Waals surface area contributed by atoms with Crippen molar-refractivity contribution in [3.8, 4) is 0 Å². The van der Waals surface area contributed by atoms with Gasteiger partial charge in [-0.15, -0.1) is 0 Å². The van der Waals surface area contributed by atoms with Crippen molar-refractivity contribution in [2.75, 3.05) is 5.32 Å². The second kappa shape index (κ2) is 6.01. The average molecular weight is 259 g/mol. The van der Waals surface area contributed by atoms with Gasteiger partial charge in [-0.3, -0.25) is 5.10 Å². The number of nitrogens with two attached hydrogens (primary N) is 1. The highest BCUT2D eigenvalue weighted by atomic mass is 16.2. The van der Waals surface area contributed by atoms with E-state index in [2.05, 4.69) is 20.8 Å². The maximum atomic E-state index is 11.7. The van der Waals surface area contributed by atoms with Crippen LogP contribution >= 0.6 is 0 Å². The van der Waals surface area contributed by atoms with Gasteiger partial charge in [0.2, 0.25) is 0 Å². The number of nitrogens with one attached hydrogen (secondary N) is 3. The molecule has 100 valence electrons. The molecule has 5 N–H and O–H groups in total. The summed E-state index contributed by atoms with van der Waals surface area (Å²) in [5.74, 6) is 0. The Morgan fingerprint density at radius 2 is 2.11 bits per heavy atom. The number of aryl methyl sites for hydroxylation is 1. The Hall–Kier alpha value is -2.34. The van der Waals surface area contributed by atoms with Gasteiger partial charge in [0.05, 0.1) is 6.20 Å². The third-order valence-electron chi connectivity index (χ3n) is 2.82. The first-order valence-corrected chi connectivity index (χ1v) is 6.01. The molecule has 1 heterocycles. The zero-order valence-electron chi connectivity index (χ0n) is 10.7. The number of hydrogen-bond donors (Lipinski definition) is 4. The Balaban J connectivity index is 1.85. The van der Waals surface area contributed by atoms with Crippen LogP contribution in [0.1, 0.15) is 16.8 Å². The van der Waals surface area contributed by atoms with Crippen molar-refractivity contribution in [2.24, 2.45) is 5.73 Å². The number of H-pyrrole nitrogens is 1. The number of hydrogen-bond acceptors (Lipinski definition) is 3. The van der Waals surface area contributed by atoms with E-state index in [4.69, 9.17) is 5.73 Å². The van der Waals surface area contributed by atoms with Gasteiger partial charge in [0.15, 0.2) is 0 Å². The molecule has 1 aromatic heterocycles. The van der Waals surface area contributed by atoms with Crippen molar-refractivity contribution in [2.45, 2.75) is 20.0 Å². The second-order valence-corrected chi connectivity index (χ2v) is 4.23. The molecule has 19 heavy (non-hydrogen) atoms. The standard InChI is InChI=1S/C13H17N5O/c1-9-11(8-16-18-9)7-15-13(19)17-12-4-2-10(6-14)3-5-12/h2-5,8H,6-7,14H2,1H3,(H,16,18)(H2,15,17,19). The summed E-state index contributed by atoms with van der Waals surface area (Å²) in [5.41, 5.74) is 9.19. The maximum absolute atomic E-state index is 11.7. The van der Waals surface area contributed by atoms with Crippen molar-refractivity contribution < 1.29 is 4.79 Å². The summed E-state index contributed by atoms with van der Waals surface area (Å²) in [7, 11) is 0. The summed E-state index contributed by atoms with van der Waals surface area (Å²) in [6, 6.07) is 7.17. The van der Waals surface area contributed by atoms with E-state index in [1.807, 2.05) is 31.2 Å². The highest BCUT2D eigenvalue weighted by molar-refractivity contribution is 5.89. The first-order chi connectivity index (χ1) is 9.19. The molecular formula is C13H17N5O. The van der Waals surface area contributed by atoms with Crippen molar-refractivity contribution in [3.05, 3.63) is 47.3 Å². The molecule has 6 heteroatoms. The van der Waals surface area contributed by atoms with Gasteiger partial charge >= 0.3 is 6.03 Å². The lowest BCUT2D eigenvalue weighted by Gasteiger charge is -2.07. The predicted molar refractivity (Wildman–Crippen MR) is 73.5 cm³/mol. The molecule has 0 unspecified atom stereocenters. The molecule has 2 rings (SSSR count). The Morgan fingerprint density at radius 1 is 1.37 bits per heavy atom. The lowest BCUT2D eigenvalue weighted by Crippen LogP contribution is -2.28. The number of benzene rings is 1. The largest absolute Gasteiger partial charge is 0.334 e. The average Bonchev–Trinajstić information content (AvgIpc) is 2.83. The summed E-state index contributed by atoms with van der Waals surface area (Å²) in [6.07, 6.45) is 1.70. The van der Waals surface area contributed by atoms with Crippen molar-refractivity contribution >= 4 is 11.7 Å². The molecule has 1 aromatic carbocycles. The smallest absolute Gasteiger partial charge is 0.319 e. The lowest BCUT2D eigenvalue weighted by molar-refractivity contribution is 0.251. The van der Waals surface area contributed by atoms with Crippen LogP contribution in [0.15, 0.2) is 30.5 Å². The minimum absolute atomic E-state index is 0.249. The summed E-state index contributed by atoms with van der Waals surface area (Å²) in [4.78, 5) is 11.7. The van der Waals surface area contributed by atoms with E-state index in [1.54, 1.807) is 6.20 Å². The number of urea groups is 1. The molecule has 0 atom stereocenters. The van der Waals surface area contributed by atoms with E-state index in [1.165, 1.54) is 0 Å². The number of nitrogens with zero attached hydrogens (tertiary/aromatic N) is 1. The zero-order chi connectivity index (χ0) is 13.7. The third-order valence-corrected chi connectivity index (χ3v) is 2.82. The van der Waals surface area contributed by atoms with Crippen LogP contribution in [0.4, 0.5) is 10.5 Å². The maximum Gasteiger partial charge on any atom is 0.319 e. The molecule has 0 fully saturated rings. The molecule has 0 aliphatic heterocycles. The van der Waals surface area contributed by atoms with Crippen LogP contribution in [0.3, 0.4) is 0 Å². The Labute approximate surface area is 111 Å². The Bertz CT molecular complexity index is 546. The zero-order valence-corrected chi connectivity index (χ0v) is 10.7. The van der Waals surface area contributed by atoms with Crippen LogP contribution in [0.2, 0.25) is 0 Å². The fourth-order valence-electron chi connectivity index (χ4n) is 1.63. The number of carbonyl (C=O) groups excluding carboxylic acids is 1. The number of amides is 2. The van der Waals surface area contributed by atoms with Gasteiger partial charge in [-0.05, 0) is 24.6 Å². The van der Waals surface area contributed by atoms with E-state index in [0.29, 0.717) is 13.1 Å². The minimum atomic E-state index is -0.249. The molecule has 0 bridgehead atoms. The van der Waals surface area contributed by atoms with Crippen LogP contribution in [0, 0.1) is 6.92 Å². The number of carbonyl (C=O) groups is 1. The Morgan fingerprint density at radius 3 is 2.68 bits per heavy atom. The second-order valence-electron chi connectivity index (χ2n) is 4.23. The molecule has 6 nitrogen and oxygen atoms in total. The molecule has 2 aromatic rings. The van der Waals surface area contributed by atoms with Gasteiger partial charge < -0.3 is 16.4 Å². The van der Waals surface area contributed by atoms with Crippen LogP contribution in [0.5, 0.6) is 0 Å². The third kappa shape index (κ3) is 3.56. The van der Waals surface area contributed by atoms with E-state index in [0.717, 1.165) is 22.5 Å². The first-order valence-electron chi connectivity index (χ1n) is 6.01. The fourth-order valence-corrected chi connectivity index (χ4v) is 1.63.